The Hall–Kier alpha value is -2.24. The molecule has 0 unspecified atom stereocenters. The lowest BCUT2D eigenvalue weighted by molar-refractivity contribution is -0.148. The number of anilines is 1. The Morgan fingerprint density at radius 3 is 2.83 bits per heavy atom. The molecule has 4 rings (SSSR count). The molecule has 24 heavy (non-hydrogen) atoms. The topological polar surface area (TPSA) is 73.9 Å². The fourth-order valence-corrected chi connectivity index (χ4v) is 4.22. The Morgan fingerprint density at radius 2 is 2.04 bits per heavy atom. The van der Waals surface area contributed by atoms with Gasteiger partial charge in [0.1, 0.15) is 0 Å². The summed E-state index contributed by atoms with van der Waals surface area (Å²) in [6.07, 6.45) is 5.41. The van der Waals surface area contributed by atoms with Crippen LogP contribution in [0.15, 0.2) is 18.2 Å². The minimum atomic E-state index is -0.352. The van der Waals surface area contributed by atoms with Gasteiger partial charge in [-0.2, -0.15) is 0 Å². The van der Waals surface area contributed by atoms with Crippen molar-refractivity contribution in [3.63, 3.8) is 0 Å². The lowest BCUT2D eigenvalue weighted by Crippen LogP contribution is -2.23. The number of hydrogen-bond donors (Lipinski definition) is 1. The number of benzene rings is 1. The standard InChI is InChI=1S/C18H21NO5/c20-17(19-14-3-4-15-16(8-14)24-10-23-15)9-22-18(21)7-13-6-11-1-2-12(13)5-11/h3-4,8,11-13H,1-2,5-7,9-10H2,(H,19,20)/t11-,12-,13+/m1/s1. The number of rotatable bonds is 5. The first-order chi connectivity index (χ1) is 11.7. The van der Waals surface area contributed by atoms with E-state index in [0.717, 1.165) is 12.3 Å². The minimum absolute atomic E-state index is 0.188. The quantitative estimate of drug-likeness (QED) is 0.840. The number of fused-ring (bicyclic) bond motifs is 3. The van der Waals surface area contributed by atoms with Gasteiger partial charge in [0.2, 0.25) is 6.79 Å². The van der Waals surface area contributed by atoms with E-state index in [1.807, 2.05) is 0 Å². The Morgan fingerprint density at radius 1 is 1.17 bits per heavy atom. The molecule has 2 bridgehead atoms. The van der Waals surface area contributed by atoms with Crippen molar-refractivity contribution in [3.05, 3.63) is 18.2 Å². The maximum absolute atomic E-state index is 11.9. The van der Waals surface area contributed by atoms with Crippen LogP contribution in [0.5, 0.6) is 11.5 Å². The fraction of sp³-hybridized carbons (Fsp3) is 0.556. The summed E-state index contributed by atoms with van der Waals surface area (Å²) in [7, 11) is 0. The van der Waals surface area contributed by atoms with Crippen LogP contribution < -0.4 is 14.8 Å². The molecule has 2 saturated carbocycles. The van der Waals surface area contributed by atoms with Crippen molar-refractivity contribution in [2.24, 2.45) is 17.8 Å². The highest BCUT2D eigenvalue weighted by atomic mass is 16.7. The highest BCUT2D eigenvalue weighted by Gasteiger charge is 2.40. The number of carbonyl (C=O) groups is 2. The number of hydrogen-bond acceptors (Lipinski definition) is 5. The van der Waals surface area contributed by atoms with E-state index in [0.29, 0.717) is 35.4 Å². The number of carbonyl (C=O) groups excluding carboxylic acids is 2. The lowest BCUT2D eigenvalue weighted by Gasteiger charge is -2.20. The summed E-state index contributed by atoms with van der Waals surface area (Å²) >= 11 is 0. The van der Waals surface area contributed by atoms with E-state index in [1.54, 1.807) is 18.2 Å². The second kappa shape index (κ2) is 6.34. The van der Waals surface area contributed by atoms with Gasteiger partial charge in [0.25, 0.3) is 5.91 Å². The molecule has 1 heterocycles. The van der Waals surface area contributed by atoms with E-state index >= 15 is 0 Å². The van der Waals surface area contributed by atoms with E-state index in [-0.39, 0.29) is 25.3 Å². The van der Waals surface area contributed by atoms with Gasteiger partial charge in [0, 0.05) is 18.2 Å². The summed E-state index contributed by atoms with van der Waals surface area (Å²) in [6.45, 7) is -0.0680. The third kappa shape index (κ3) is 3.18. The Bertz CT molecular complexity index is 659. The first-order valence-electron chi connectivity index (χ1n) is 8.52. The normalized spacial score (nSPS) is 26.4. The molecule has 1 aliphatic heterocycles. The maximum Gasteiger partial charge on any atom is 0.306 e. The van der Waals surface area contributed by atoms with Gasteiger partial charge >= 0.3 is 5.97 Å². The monoisotopic (exact) mass is 331 g/mol. The van der Waals surface area contributed by atoms with E-state index in [4.69, 9.17) is 14.2 Å². The number of amides is 1. The van der Waals surface area contributed by atoms with E-state index in [9.17, 15) is 9.59 Å². The van der Waals surface area contributed by atoms with E-state index in [2.05, 4.69) is 5.32 Å². The van der Waals surface area contributed by atoms with Gasteiger partial charge in [0.15, 0.2) is 18.1 Å². The van der Waals surface area contributed by atoms with E-state index in [1.165, 1.54) is 19.3 Å². The molecular formula is C18H21NO5. The first-order valence-corrected chi connectivity index (χ1v) is 8.52. The van der Waals surface area contributed by atoms with Gasteiger partial charge < -0.3 is 19.5 Å². The summed E-state index contributed by atoms with van der Waals surface area (Å²) in [5.74, 6) is 2.58. The number of esters is 1. The van der Waals surface area contributed by atoms with Crippen molar-refractivity contribution in [2.45, 2.75) is 32.1 Å². The molecule has 1 N–H and O–H groups in total. The number of ether oxygens (including phenoxy) is 3. The molecule has 1 aromatic carbocycles. The molecule has 1 aromatic rings. The smallest absolute Gasteiger partial charge is 0.306 e. The van der Waals surface area contributed by atoms with Crippen LogP contribution in [0.4, 0.5) is 5.69 Å². The van der Waals surface area contributed by atoms with Crippen LogP contribution in [0, 0.1) is 17.8 Å². The average Bonchev–Trinajstić information content (AvgIpc) is 3.28. The second-order valence-corrected chi connectivity index (χ2v) is 6.92. The average molecular weight is 331 g/mol. The first kappa shape index (κ1) is 15.3. The predicted molar refractivity (Wildman–Crippen MR) is 85.7 cm³/mol. The van der Waals surface area contributed by atoms with Crippen molar-refractivity contribution in [2.75, 3.05) is 18.7 Å². The van der Waals surface area contributed by atoms with Crippen LogP contribution in [0.25, 0.3) is 0 Å². The largest absolute Gasteiger partial charge is 0.456 e. The Kier molecular flexibility index (Phi) is 4.04. The van der Waals surface area contributed by atoms with Gasteiger partial charge in [-0.3, -0.25) is 9.59 Å². The molecule has 2 aliphatic carbocycles. The summed E-state index contributed by atoms with van der Waals surface area (Å²) < 4.78 is 15.6. The zero-order valence-electron chi connectivity index (χ0n) is 13.5. The van der Waals surface area contributed by atoms with Crippen molar-refractivity contribution in [1.82, 2.24) is 0 Å². The summed E-state index contributed by atoms with van der Waals surface area (Å²) in [6, 6.07) is 5.15. The molecule has 3 aliphatic rings. The molecule has 0 saturated heterocycles. The van der Waals surface area contributed by atoms with Crippen LogP contribution in [-0.2, 0) is 14.3 Å². The lowest BCUT2D eigenvalue weighted by atomic mass is 9.86. The van der Waals surface area contributed by atoms with Gasteiger partial charge in [0.05, 0.1) is 0 Å². The zero-order chi connectivity index (χ0) is 16.5. The summed E-state index contributed by atoms with van der Waals surface area (Å²) in [4.78, 5) is 23.9. The molecule has 3 atom stereocenters. The molecule has 1 amide bonds. The molecule has 0 radical (unpaired) electrons. The highest BCUT2D eigenvalue weighted by Crippen LogP contribution is 2.49. The van der Waals surface area contributed by atoms with Crippen molar-refractivity contribution in [1.29, 1.82) is 0 Å². The Balaban J connectivity index is 1.22. The van der Waals surface area contributed by atoms with Crippen molar-refractivity contribution in [3.8, 4) is 11.5 Å². The van der Waals surface area contributed by atoms with Crippen molar-refractivity contribution >= 4 is 17.6 Å². The van der Waals surface area contributed by atoms with Crippen LogP contribution in [0.1, 0.15) is 32.1 Å². The molecule has 0 spiro atoms. The molecule has 2 fully saturated rings. The maximum atomic E-state index is 11.9. The molecule has 6 heteroatoms. The minimum Gasteiger partial charge on any atom is -0.456 e. The molecular weight excluding hydrogens is 310 g/mol. The number of nitrogens with one attached hydrogen (secondary N) is 1. The van der Waals surface area contributed by atoms with Crippen LogP contribution >= 0.6 is 0 Å². The van der Waals surface area contributed by atoms with Crippen LogP contribution in [0.3, 0.4) is 0 Å². The fourth-order valence-electron chi connectivity index (χ4n) is 4.22. The summed E-state index contributed by atoms with van der Waals surface area (Å²) in [5.41, 5.74) is 0.591. The molecule has 6 nitrogen and oxygen atoms in total. The second-order valence-electron chi connectivity index (χ2n) is 6.92. The van der Waals surface area contributed by atoms with Gasteiger partial charge in [-0.25, -0.2) is 0 Å². The van der Waals surface area contributed by atoms with E-state index < -0.39 is 0 Å². The Labute approximate surface area is 140 Å². The highest BCUT2D eigenvalue weighted by molar-refractivity contribution is 5.93. The molecule has 0 aromatic heterocycles. The molecule has 128 valence electrons. The van der Waals surface area contributed by atoms with Gasteiger partial charge in [-0.15, -0.1) is 0 Å². The third-order valence-electron chi connectivity index (χ3n) is 5.33. The SMILES string of the molecule is O=C(COC(=O)C[C@@H]1C[C@@H]2CC[C@@H]1C2)Nc1ccc2c(c1)OCO2. The third-order valence-corrected chi connectivity index (χ3v) is 5.33. The summed E-state index contributed by atoms with van der Waals surface area (Å²) in [5, 5.41) is 2.70. The zero-order valence-corrected chi connectivity index (χ0v) is 13.5. The van der Waals surface area contributed by atoms with Crippen LogP contribution in [-0.4, -0.2) is 25.3 Å². The van der Waals surface area contributed by atoms with Crippen molar-refractivity contribution < 1.29 is 23.8 Å². The van der Waals surface area contributed by atoms with Crippen LogP contribution in [0.2, 0.25) is 0 Å². The van der Waals surface area contributed by atoms with Gasteiger partial charge in [-0.05, 0) is 49.1 Å². The predicted octanol–water partition coefficient (Wildman–Crippen LogP) is 2.72. The van der Waals surface area contributed by atoms with Gasteiger partial charge in [-0.1, -0.05) is 6.42 Å².